The van der Waals surface area contributed by atoms with Gasteiger partial charge >= 0.3 is 5.88 Å². The van der Waals surface area contributed by atoms with E-state index in [-0.39, 0.29) is 22.8 Å². The summed E-state index contributed by atoms with van der Waals surface area (Å²) in [5, 5.41) is 14.1. The second-order valence-electron chi connectivity index (χ2n) is 3.41. The molecular formula is C10H8N2O5. The lowest BCUT2D eigenvalue weighted by molar-refractivity contribution is -0.401. The number of hydrogen-bond acceptors (Lipinski definition) is 6. The van der Waals surface area contributed by atoms with Gasteiger partial charge in [-0.25, -0.2) is 0 Å². The van der Waals surface area contributed by atoms with E-state index < -0.39 is 10.8 Å². The number of Topliss-reactive ketones (excluding diaryl/α,β-unsaturated/α-hetero) is 1. The Bertz CT molecular complexity index is 596. The molecule has 0 aliphatic heterocycles. The van der Waals surface area contributed by atoms with Crippen molar-refractivity contribution in [2.24, 2.45) is 0 Å². The highest BCUT2D eigenvalue weighted by Crippen LogP contribution is 2.29. The highest BCUT2D eigenvalue weighted by Gasteiger charge is 2.23. The maximum Gasteiger partial charge on any atom is 0.433 e. The van der Waals surface area contributed by atoms with Crippen molar-refractivity contribution in [3.05, 3.63) is 33.6 Å². The fourth-order valence-corrected chi connectivity index (χ4v) is 1.51. The quantitative estimate of drug-likeness (QED) is 0.460. The van der Waals surface area contributed by atoms with Crippen molar-refractivity contribution in [3.63, 3.8) is 0 Å². The van der Waals surface area contributed by atoms with Crippen LogP contribution in [0.5, 0.6) is 0 Å². The Morgan fingerprint density at radius 1 is 1.47 bits per heavy atom. The molecule has 0 unspecified atom stereocenters. The number of rotatable bonds is 3. The first-order chi connectivity index (χ1) is 8.00. The van der Waals surface area contributed by atoms with Crippen LogP contribution in [0.15, 0.2) is 21.1 Å². The number of hydrogen-bond donors (Lipinski definition) is 0. The highest BCUT2D eigenvalue weighted by molar-refractivity contribution is 6.00. The summed E-state index contributed by atoms with van der Waals surface area (Å²) in [7, 11) is 0. The van der Waals surface area contributed by atoms with Crippen LogP contribution in [0.4, 0.5) is 5.88 Å². The molecule has 2 rings (SSSR count). The summed E-state index contributed by atoms with van der Waals surface area (Å²) < 4.78 is 9.84. The molecule has 0 aliphatic carbocycles. The molecule has 0 N–H and O–H groups in total. The van der Waals surface area contributed by atoms with Crippen molar-refractivity contribution in [3.8, 4) is 11.5 Å². The largest absolute Gasteiger partial charge is 0.433 e. The molecule has 0 bridgehead atoms. The van der Waals surface area contributed by atoms with E-state index in [1.165, 1.54) is 19.1 Å². The minimum atomic E-state index is -0.663. The van der Waals surface area contributed by atoms with Crippen molar-refractivity contribution >= 4 is 11.7 Å². The molecule has 0 fully saturated rings. The van der Waals surface area contributed by atoms with Gasteiger partial charge in [-0.3, -0.25) is 14.9 Å². The Labute approximate surface area is 95.2 Å². The summed E-state index contributed by atoms with van der Waals surface area (Å²) in [5.41, 5.74) is 0.456. The normalized spacial score (nSPS) is 10.5. The van der Waals surface area contributed by atoms with E-state index in [2.05, 4.69) is 5.16 Å². The maximum absolute atomic E-state index is 11.4. The van der Waals surface area contributed by atoms with Crippen LogP contribution in [0.3, 0.4) is 0 Å². The number of carbonyl (C=O) groups is 1. The van der Waals surface area contributed by atoms with E-state index in [0.29, 0.717) is 5.76 Å². The third kappa shape index (κ3) is 1.82. The standard InChI is InChI=1S/C10H8N2O5/c1-5(13)9-6(2)17-11-10(9)7-3-4-8(16-7)12(14)15/h3-4H,1-2H3. The Hall–Kier alpha value is -2.44. The first-order valence-electron chi connectivity index (χ1n) is 4.72. The van der Waals surface area contributed by atoms with Crippen LogP contribution in [0.1, 0.15) is 23.0 Å². The first kappa shape index (κ1) is 11.1. The molecule has 7 nitrogen and oxygen atoms in total. The number of aromatic nitrogens is 1. The molecule has 0 saturated heterocycles. The molecule has 7 heteroatoms. The van der Waals surface area contributed by atoms with Gasteiger partial charge in [0.15, 0.2) is 17.2 Å². The van der Waals surface area contributed by atoms with Crippen molar-refractivity contribution in [2.75, 3.05) is 0 Å². The van der Waals surface area contributed by atoms with Crippen LogP contribution < -0.4 is 0 Å². The monoisotopic (exact) mass is 236 g/mol. The zero-order valence-corrected chi connectivity index (χ0v) is 9.09. The predicted molar refractivity (Wildman–Crippen MR) is 55.6 cm³/mol. The van der Waals surface area contributed by atoms with Gasteiger partial charge in [-0.05, 0) is 19.9 Å². The molecule has 2 heterocycles. The van der Waals surface area contributed by atoms with Crippen LogP contribution in [0, 0.1) is 17.0 Å². The molecule has 0 amide bonds. The molecule has 0 atom stereocenters. The van der Waals surface area contributed by atoms with Crippen LogP contribution in [0.2, 0.25) is 0 Å². The van der Waals surface area contributed by atoms with E-state index in [1.54, 1.807) is 6.92 Å². The molecule has 0 aliphatic rings. The lowest BCUT2D eigenvalue weighted by atomic mass is 10.1. The molecule has 17 heavy (non-hydrogen) atoms. The van der Waals surface area contributed by atoms with E-state index in [1.807, 2.05) is 0 Å². The molecule has 2 aromatic heterocycles. The highest BCUT2D eigenvalue weighted by atomic mass is 16.6. The number of aryl methyl sites for hydroxylation is 1. The number of ketones is 1. The van der Waals surface area contributed by atoms with Crippen LogP contribution in [0.25, 0.3) is 11.5 Å². The van der Waals surface area contributed by atoms with Gasteiger partial charge in [0.2, 0.25) is 0 Å². The molecule has 0 radical (unpaired) electrons. The SMILES string of the molecule is CC(=O)c1c(-c2ccc([N+](=O)[O-])o2)noc1C. The first-order valence-corrected chi connectivity index (χ1v) is 4.72. The van der Waals surface area contributed by atoms with Crippen molar-refractivity contribution in [2.45, 2.75) is 13.8 Å². The van der Waals surface area contributed by atoms with Crippen molar-refractivity contribution in [1.29, 1.82) is 0 Å². The zero-order chi connectivity index (χ0) is 12.6. The number of carbonyl (C=O) groups excluding carboxylic acids is 1. The number of nitro groups is 1. The van der Waals surface area contributed by atoms with E-state index in [9.17, 15) is 14.9 Å². The summed E-state index contributed by atoms with van der Waals surface area (Å²) in [6, 6.07) is 2.57. The predicted octanol–water partition coefficient (Wildman–Crippen LogP) is 2.35. The van der Waals surface area contributed by atoms with Crippen LogP contribution in [-0.2, 0) is 0 Å². The smallest absolute Gasteiger partial charge is 0.399 e. The van der Waals surface area contributed by atoms with Gasteiger partial charge in [0, 0.05) is 0 Å². The fourth-order valence-electron chi connectivity index (χ4n) is 1.51. The van der Waals surface area contributed by atoms with Gasteiger partial charge in [0.05, 0.1) is 11.6 Å². The average molecular weight is 236 g/mol. The lowest BCUT2D eigenvalue weighted by Crippen LogP contribution is -1.94. The number of nitrogens with zero attached hydrogens (tertiary/aromatic N) is 2. The van der Waals surface area contributed by atoms with E-state index in [4.69, 9.17) is 8.94 Å². The van der Waals surface area contributed by atoms with Crippen LogP contribution >= 0.6 is 0 Å². The Morgan fingerprint density at radius 3 is 2.71 bits per heavy atom. The van der Waals surface area contributed by atoms with E-state index in [0.717, 1.165) is 0 Å². The van der Waals surface area contributed by atoms with Crippen molar-refractivity contribution in [1.82, 2.24) is 5.16 Å². The minimum absolute atomic E-state index is 0.138. The molecule has 0 aromatic carbocycles. The second-order valence-corrected chi connectivity index (χ2v) is 3.41. The third-order valence-electron chi connectivity index (χ3n) is 2.22. The summed E-state index contributed by atoms with van der Waals surface area (Å²) in [6.07, 6.45) is 0. The van der Waals surface area contributed by atoms with E-state index >= 15 is 0 Å². The topological polar surface area (TPSA) is 99.4 Å². The summed E-state index contributed by atoms with van der Waals surface area (Å²) in [6.45, 7) is 2.95. The van der Waals surface area contributed by atoms with Crippen molar-refractivity contribution < 1.29 is 18.7 Å². The van der Waals surface area contributed by atoms with Gasteiger partial charge in [-0.15, -0.1) is 0 Å². The zero-order valence-electron chi connectivity index (χ0n) is 9.09. The Balaban J connectivity index is 2.53. The fraction of sp³-hybridized carbons (Fsp3) is 0.200. The number of furan rings is 1. The molecule has 2 aromatic rings. The van der Waals surface area contributed by atoms with Gasteiger partial charge in [0.1, 0.15) is 10.7 Å². The van der Waals surface area contributed by atoms with Gasteiger partial charge in [-0.1, -0.05) is 5.16 Å². The summed E-state index contributed by atoms with van der Waals surface area (Å²) in [4.78, 5) is 21.2. The van der Waals surface area contributed by atoms with Gasteiger partial charge < -0.3 is 8.94 Å². The molecule has 88 valence electrons. The molecule has 0 spiro atoms. The van der Waals surface area contributed by atoms with Gasteiger partial charge in [0.25, 0.3) is 0 Å². The van der Waals surface area contributed by atoms with Crippen LogP contribution in [-0.4, -0.2) is 15.9 Å². The third-order valence-corrected chi connectivity index (χ3v) is 2.22. The lowest BCUT2D eigenvalue weighted by Gasteiger charge is -1.93. The summed E-state index contributed by atoms with van der Waals surface area (Å²) >= 11 is 0. The minimum Gasteiger partial charge on any atom is -0.399 e. The second kappa shape index (κ2) is 3.85. The molecular weight excluding hydrogens is 228 g/mol. The maximum atomic E-state index is 11.4. The van der Waals surface area contributed by atoms with Gasteiger partial charge in [-0.2, -0.15) is 0 Å². The Kier molecular flexibility index (Phi) is 2.51. The Morgan fingerprint density at radius 2 is 2.18 bits per heavy atom. The summed E-state index contributed by atoms with van der Waals surface area (Å²) in [5.74, 6) is -0.154. The molecule has 0 saturated carbocycles. The average Bonchev–Trinajstić information content (AvgIpc) is 2.82.